The fourth-order valence-electron chi connectivity index (χ4n) is 4.33. The molecule has 3 N–H and O–H groups in total. The second kappa shape index (κ2) is 13.8. The quantitative estimate of drug-likeness (QED) is 0.277. The molecule has 0 aromatic carbocycles. The van der Waals surface area contributed by atoms with Crippen LogP contribution in [-0.4, -0.2) is 58.9 Å². The fraction of sp³-hybridized carbons (Fsp3) is 0.517. The van der Waals surface area contributed by atoms with Crippen LogP contribution in [0.5, 0.6) is 5.88 Å². The summed E-state index contributed by atoms with van der Waals surface area (Å²) in [4.78, 5) is 24.7. The van der Waals surface area contributed by atoms with Crippen molar-refractivity contribution < 1.29 is 19.0 Å². The zero-order valence-corrected chi connectivity index (χ0v) is 24.8. The van der Waals surface area contributed by atoms with E-state index in [9.17, 15) is 4.79 Å². The van der Waals surface area contributed by atoms with Gasteiger partial charge in [-0.3, -0.25) is 4.79 Å². The summed E-state index contributed by atoms with van der Waals surface area (Å²) in [5.74, 6) is 3.61. The molecular formula is C29H41N5O4S. The number of rotatable bonds is 11. The molecule has 1 fully saturated rings. The van der Waals surface area contributed by atoms with Crippen LogP contribution in [0.15, 0.2) is 30.6 Å². The van der Waals surface area contributed by atoms with Gasteiger partial charge >= 0.3 is 0 Å². The number of nitrogens with two attached hydrogens (primary N) is 1. The second-order valence-corrected chi connectivity index (χ2v) is 11.2. The van der Waals surface area contributed by atoms with Crippen LogP contribution in [0.25, 0.3) is 10.8 Å². The number of fused-ring (bicyclic) bond motifs is 1. The van der Waals surface area contributed by atoms with Crippen LogP contribution in [0, 0.1) is 12.8 Å². The maximum Gasteiger partial charge on any atom is 0.293 e. The number of hydrogen-bond acceptors (Lipinski definition) is 10. The third-order valence-electron chi connectivity index (χ3n) is 7.13. The van der Waals surface area contributed by atoms with Gasteiger partial charge in [0.2, 0.25) is 5.88 Å². The van der Waals surface area contributed by atoms with Crippen molar-refractivity contribution in [3.05, 3.63) is 41.9 Å². The molecule has 1 saturated carbocycles. The van der Waals surface area contributed by atoms with Gasteiger partial charge in [-0.1, -0.05) is 13.0 Å². The summed E-state index contributed by atoms with van der Waals surface area (Å²) in [5.41, 5.74) is 7.99. The number of pyridine rings is 3. The normalized spacial score (nSPS) is 17.4. The predicted octanol–water partition coefficient (Wildman–Crippen LogP) is 5.89. The summed E-state index contributed by atoms with van der Waals surface area (Å²) in [6, 6.07) is 5.78. The maximum absolute atomic E-state index is 10.9. The molecule has 39 heavy (non-hydrogen) atoms. The number of carbonyl (C=O) groups excluding carboxylic acids is 1. The van der Waals surface area contributed by atoms with E-state index in [1.54, 1.807) is 19.5 Å². The van der Waals surface area contributed by atoms with Crippen molar-refractivity contribution in [2.24, 2.45) is 5.92 Å². The van der Waals surface area contributed by atoms with Gasteiger partial charge in [-0.25, -0.2) is 15.0 Å². The predicted molar refractivity (Wildman–Crippen MR) is 159 cm³/mol. The Morgan fingerprint density at radius 3 is 2.56 bits per heavy atom. The number of aromatic nitrogens is 3. The van der Waals surface area contributed by atoms with Crippen molar-refractivity contribution in [2.45, 2.75) is 65.1 Å². The Bertz CT molecular complexity index is 1250. The highest BCUT2D eigenvalue weighted by atomic mass is 32.2. The standard InChI is InChI=1S/C26H33N5O3S.C3H8O/c1-15-6-7-22(31-24(15)16(2)26(3,4)33-14-32)30-23-10-19-20(11-28-23)25(29-12-21(19)27)34-18-8-17(9-18)13-35-5;1-3-4-2/h6-7,10-12,14,16-18H,8-9,13,27H2,1-5H3,(H,28,30,31);3H2,1-2H3. The van der Waals surface area contributed by atoms with Crippen molar-refractivity contribution in [1.82, 2.24) is 15.0 Å². The van der Waals surface area contributed by atoms with E-state index in [1.165, 1.54) is 5.75 Å². The summed E-state index contributed by atoms with van der Waals surface area (Å²) in [5, 5.41) is 4.90. The Morgan fingerprint density at radius 2 is 1.92 bits per heavy atom. The molecule has 0 amide bonds. The number of nitrogens with zero attached hydrogens (tertiary/aromatic N) is 3. The summed E-state index contributed by atoms with van der Waals surface area (Å²) < 4.78 is 16.0. The number of nitrogens with one attached hydrogen (secondary N) is 1. The van der Waals surface area contributed by atoms with E-state index in [-0.39, 0.29) is 12.0 Å². The van der Waals surface area contributed by atoms with Gasteiger partial charge in [-0.15, -0.1) is 0 Å². The molecule has 10 heteroatoms. The first-order valence-corrected chi connectivity index (χ1v) is 14.6. The lowest BCUT2D eigenvalue weighted by Crippen LogP contribution is -2.35. The highest BCUT2D eigenvalue weighted by Gasteiger charge is 2.32. The molecule has 0 radical (unpaired) electrons. The second-order valence-electron chi connectivity index (χ2n) is 10.3. The third kappa shape index (κ3) is 7.73. The monoisotopic (exact) mass is 555 g/mol. The first-order valence-electron chi connectivity index (χ1n) is 13.2. The van der Waals surface area contributed by atoms with E-state index >= 15 is 0 Å². The molecule has 1 unspecified atom stereocenters. The Kier molecular flexibility index (Phi) is 10.8. The topological polar surface area (TPSA) is 121 Å². The van der Waals surface area contributed by atoms with E-state index in [2.05, 4.69) is 26.3 Å². The molecular weight excluding hydrogens is 514 g/mol. The minimum atomic E-state index is -0.687. The van der Waals surface area contributed by atoms with Crippen molar-refractivity contribution in [3.8, 4) is 5.88 Å². The lowest BCUT2D eigenvalue weighted by molar-refractivity contribution is -0.142. The average molecular weight is 556 g/mol. The van der Waals surface area contributed by atoms with Crippen molar-refractivity contribution in [3.63, 3.8) is 0 Å². The number of hydrogen-bond donors (Lipinski definition) is 2. The van der Waals surface area contributed by atoms with Crippen LogP contribution in [-0.2, 0) is 14.3 Å². The SMILES string of the molecule is CCOC.CSCC1CC(Oc2ncc(N)c3cc(Nc4ccc(C)c(C(C)C(C)(C)OC=O)n4)ncc23)C1. The fourth-order valence-corrected chi connectivity index (χ4v) is 5.08. The largest absolute Gasteiger partial charge is 0.474 e. The van der Waals surface area contributed by atoms with Gasteiger partial charge in [-0.2, -0.15) is 11.8 Å². The van der Waals surface area contributed by atoms with E-state index in [0.717, 1.165) is 41.5 Å². The molecule has 1 aliphatic rings. The summed E-state index contributed by atoms with van der Waals surface area (Å²) in [7, 11) is 1.68. The lowest BCUT2D eigenvalue weighted by Gasteiger charge is -2.34. The number of nitrogen functional groups attached to an aromatic ring is 1. The van der Waals surface area contributed by atoms with Crippen molar-refractivity contribution in [2.75, 3.05) is 36.8 Å². The van der Waals surface area contributed by atoms with E-state index < -0.39 is 5.60 Å². The van der Waals surface area contributed by atoms with E-state index in [0.29, 0.717) is 35.6 Å². The minimum absolute atomic E-state index is 0.109. The molecule has 0 aliphatic heterocycles. The summed E-state index contributed by atoms with van der Waals surface area (Å²) in [6.45, 7) is 11.0. The Morgan fingerprint density at radius 1 is 1.21 bits per heavy atom. The molecule has 212 valence electrons. The number of methoxy groups -OCH3 is 1. The third-order valence-corrected chi connectivity index (χ3v) is 7.93. The van der Waals surface area contributed by atoms with Gasteiger partial charge in [0.05, 0.1) is 23.0 Å². The molecule has 0 saturated heterocycles. The smallest absolute Gasteiger partial charge is 0.293 e. The lowest BCUT2D eigenvalue weighted by atomic mass is 9.84. The minimum Gasteiger partial charge on any atom is -0.474 e. The molecule has 1 aliphatic carbocycles. The van der Waals surface area contributed by atoms with Crippen LogP contribution in [0.2, 0.25) is 0 Å². The molecule has 1 atom stereocenters. The highest BCUT2D eigenvalue weighted by Crippen LogP contribution is 2.37. The number of aryl methyl sites for hydroxylation is 1. The number of anilines is 3. The van der Waals surface area contributed by atoms with Crippen LogP contribution >= 0.6 is 11.8 Å². The highest BCUT2D eigenvalue weighted by molar-refractivity contribution is 7.98. The molecule has 4 rings (SSSR count). The van der Waals surface area contributed by atoms with Crippen LogP contribution in [0.3, 0.4) is 0 Å². The van der Waals surface area contributed by atoms with Crippen LogP contribution in [0.1, 0.15) is 57.7 Å². The van der Waals surface area contributed by atoms with Gasteiger partial charge in [0.15, 0.2) is 0 Å². The first kappa shape index (κ1) is 30.4. The Balaban J connectivity index is 0.000000983. The Labute approximate surface area is 235 Å². The molecule has 3 aromatic rings. The molecule has 3 heterocycles. The zero-order chi connectivity index (χ0) is 28.6. The Hall–Kier alpha value is -3.11. The van der Waals surface area contributed by atoms with Gasteiger partial charge in [0.25, 0.3) is 6.47 Å². The van der Waals surface area contributed by atoms with Gasteiger partial charge in [-0.05, 0) is 76.2 Å². The maximum atomic E-state index is 10.9. The van der Waals surface area contributed by atoms with Crippen molar-refractivity contribution in [1.29, 1.82) is 0 Å². The molecule has 3 aromatic heterocycles. The van der Waals surface area contributed by atoms with Gasteiger partial charge in [0, 0.05) is 31.2 Å². The molecule has 9 nitrogen and oxygen atoms in total. The van der Waals surface area contributed by atoms with Crippen LogP contribution < -0.4 is 15.8 Å². The average Bonchev–Trinajstić information content (AvgIpc) is 2.89. The van der Waals surface area contributed by atoms with E-state index in [1.807, 2.05) is 64.6 Å². The number of ether oxygens (including phenoxy) is 3. The number of thioether (sulfide) groups is 1. The van der Waals surface area contributed by atoms with E-state index in [4.69, 9.17) is 20.2 Å². The summed E-state index contributed by atoms with van der Waals surface area (Å²) in [6.07, 6.45) is 7.81. The van der Waals surface area contributed by atoms with Crippen molar-refractivity contribution >= 4 is 46.3 Å². The molecule has 0 spiro atoms. The van der Waals surface area contributed by atoms with Gasteiger partial charge < -0.3 is 25.3 Å². The van der Waals surface area contributed by atoms with Gasteiger partial charge in [0.1, 0.15) is 23.3 Å². The van der Waals surface area contributed by atoms with Crippen LogP contribution in [0.4, 0.5) is 17.3 Å². The molecule has 0 bridgehead atoms. The first-order chi connectivity index (χ1) is 18.6. The summed E-state index contributed by atoms with van der Waals surface area (Å²) >= 11 is 1.88. The number of carbonyl (C=O) groups is 1. The zero-order valence-electron chi connectivity index (χ0n) is 24.0.